The molecular weight excluding hydrogens is 1090 g/mol. The predicted octanol–water partition coefficient (Wildman–Crippen LogP) is 5.34. The van der Waals surface area contributed by atoms with Crippen molar-refractivity contribution in [3.05, 3.63) is 138 Å². The van der Waals surface area contributed by atoms with E-state index < -0.39 is 183 Å². The van der Waals surface area contributed by atoms with Gasteiger partial charge in [-0.15, -0.1) is 10.2 Å². The van der Waals surface area contributed by atoms with Gasteiger partial charge in [0, 0.05) is 11.1 Å². The number of nitrogens with zero attached hydrogens (tertiary/aromatic N) is 6. The molecule has 2 aromatic heterocycles. The lowest BCUT2D eigenvalue weighted by atomic mass is 9.87. The number of aliphatic hydroxyl groups is 6. The Bertz CT molecular complexity index is 2980. The second kappa shape index (κ2) is 18.9. The van der Waals surface area contributed by atoms with Crippen LogP contribution in [0.5, 0.6) is 0 Å². The minimum absolute atomic E-state index is 0.291. The van der Waals surface area contributed by atoms with Crippen molar-refractivity contribution < 1.29 is 92.4 Å². The highest BCUT2D eigenvalue weighted by atomic mass is 35.5. The van der Waals surface area contributed by atoms with Gasteiger partial charge < -0.3 is 40.1 Å². The minimum Gasteiger partial charge on any atom is -0.394 e. The van der Waals surface area contributed by atoms with Crippen molar-refractivity contribution >= 4 is 56.2 Å². The van der Waals surface area contributed by atoms with Gasteiger partial charge in [0.1, 0.15) is 60.1 Å². The maximum Gasteiger partial charge on any atom is 0.226 e. The van der Waals surface area contributed by atoms with E-state index in [9.17, 15) is 57.0 Å². The molecule has 10 atom stereocenters. The summed E-state index contributed by atoms with van der Waals surface area (Å²) in [7, 11) is -6.37. The molecule has 2 aliphatic heterocycles. The number of aliphatic hydroxyl groups excluding tert-OH is 6. The van der Waals surface area contributed by atoms with E-state index in [1.807, 2.05) is 0 Å². The Balaban J connectivity index is 1.41. The summed E-state index contributed by atoms with van der Waals surface area (Å²) in [6.45, 7) is -2.85. The summed E-state index contributed by atoms with van der Waals surface area (Å²) in [4.78, 5) is -7.56. The van der Waals surface area contributed by atoms with Gasteiger partial charge in [-0.2, -0.15) is 0 Å². The molecule has 16 nitrogen and oxygen atoms in total. The van der Waals surface area contributed by atoms with Gasteiger partial charge in [0.2, 0.25) is 31.3 Å². The molecule has 2 aliphatic rings. The zero-order chi connectivity index (χ0) is 52.1. The number of sulfone groups is 1. The average molecular weight is 1110 g/mol. The zero-order valence-corrected chi connectivity index (χ0v) is 38.2. The maximum absolute atomic E-state index is 16.6. The van der Waals surface area contributed by atoms with Crippen LogP contribution in [0.25, 0.3) is 22.5 Å². The summed E-state index contributed by atoms with van der Waals surface area (Å²) in [5.74, 6) is -24.6. The lowest BCUT2D eigenvalue weighted by Gasteiger charge is -2.56. The predicted molar refractivity (Wildman–Crippen MR) is 222 cm³/mol. The number of halogens is 14. The number of hydrogen-bond donors (Lipinski definition) is 6. The van der Waals surface area contributed by atoms with E-state index in [0.717, 1.165) is 36.4 Å². The van der Waals surface area contributed by atoms with E-state index in [1.54, 1.807) is 0 Å². The summed E-state index contributed by atoms with van der Waals surface area (Å²) >= 11 is 25.2. The Labute approximate surface area is 409 Å². The zero-order valence-electron chi connectivity index (χ0n) is 34.4. The third-order valence-corrected chi connectivity index (χ3v) is 16.1. The lowest BCUT2D eigenvalue weighted by molar-refractivity contribution is -0.245. The maximum atomic E-state index is 16.6. The van der Waals surface area contributed by atoms with E-state index in [0.29, 0.717) is 21.8 Å². The molecule has 0 aliphatic carbocycles. The number of benzene rings is 4. The number of aromatic nitrogens is 6. The van der Waals surface area contributed by atoms with Crippen molar-refractivity contribution in [1.82, 2.24) is 30.0 Å². The largest absolute Gasteiger partial charge is 0.394 e. The van der Waals surface area contributed by atoms with Crippen LogP contribution >= 0.6 is 46.4 Å². The van der Waals surface area contributed by atoms with Gasteiger partial charge in [-0.05, 0) is 24.3 Å². The molecule has 0 bridgehead atoms. The van der Waals surface area contributed by atoms with Crippen LogP contribution < -0.4 is 0 Å². The van der Waals surface area contributed by atoms with Crippen molar-refractivity contribution in [3.63, 3.8) is 0 Å². The molecule has 0 saturated carbocycles. The third-order valence-electron chi connectivity index (χ3n) is 11.9. The first-order chi connectivity index (χ1) is 33.3. The molecule has 8 rings (SSSR count). The van der Waals surface area contributed by atoms with Crippen molar-refractivity contribution in [2.45, 2.75) is 58.6 Å². The Morgan fingerprint density at radius 1 is 0.521 bits per heavy atom. The van der Waals surface area contributed by atoms with Crippen LogP contribution in [0.15, 0.2) is 48.8 Å². The van der Waals surface area contributed by atoms with E-state index in [1.165, 1.54) is 0 Å². The van der Waals surface area contributed by atoms with Gasteiger partial charge >= 0.3 is 0 Å². The second-order valence-corrected chi connectivity index (χ2v) is 19.5. The summed E-state index contributed by atoms with van der Waals surface area (Å²) in [5, 5.41) is 82.7. The van der Waals surface area contributed by atoms with Crippen LogP contribution in [-0.4, -0.2) is 119 Å². The standard InChI is InChI=1S/C40H26Cl4F10N6O10S/c41-13-3-1-11(5-15(13)43)39(37(65)33(35(63)19(9-61)69-39)59-7-17(55-57-59)21-23(45)27(49)31(53)28(50)24(21)46)71(67,68)40(12-2-4-14(42)16(44)6-12)38(66)34(36(64)20(10-62)70-40)60-8-18(56-58-60)22-25(47)29(51)32(54)30(52)26(22)48/h1-8,19-20,33-38,61-66H,9-10H2/t19-,20-,33+,34+,35+,36+,37-,38-,39-,40-/m1/s1. The summed E-state index contributed by atoms with van der Waals surface area (Å²) in [6, 6.07) is 0.0962. The highest BCUT2D eigenvalue weighted by Crippen LogP contribution is 2.58. The Morgan fingerprint density at radius 3 is 1.13 bits per heavy atom. The highest BCUT2D eigenvalue weighted by Gasteiger charge is 2.74. The number of ether oxygens (including phenoxy) is 2. The van der Waals surface area contributed by atoms with Crippen molar-refractivity contribution in [2.24, 2.45) is 0 Å². The number of rotatable bonds is 10. The topological polar surface area (TPSA) is 235 Å². The minimum atomic E-state index is -6.37. The van der Waals surface area contributed by atoms with Gasteiger partial charge in [-0.1, -0.05) is 69.0 Å². The fourth-order valence-electron chi connectivity index (χ4n) is 8.50. The Kier molecular flexibility index (Phi) is 14.0. The fraction of sp³-hybridized carbons (Fsp3) is 0.300. The van der Waals surface area contributed by atoms with Gasteiger partial charge in [0.15, 0.2) is 46.5 Å². The van der Waals surface area contributed by atoms with Crippen LogP contribution in [0.4, 0.5) is 43.9 Å². The molecule has 2 saturated heterocycles. The molecule has 6 aromatic rings. The molecule has 31 heteroatoms. The van der Waals surface area contributed by atoms with E-state index in [-0.39, 0.29) is 10.0 Å². The molecule has 380 valence electrons. The van der Waals surface area contributed by atoms with Crippen LogP contribution in [0.1, 0.15) is 23.2 Å². The average Bonchev–Trinajstić information content (AvgIpc) is 4.02. The van der Waals surface area contributed by atoms with Crippen LogP contribution in [-0.2, 0) is 29.2 Å². The molecule has 0 amide bonds. The molecule has 6 N–H and O–H groups in total. The SMILES string of the molecule is O=S(=O)([C@@]1(c2ccc(Cl)c(Cl)c2)O[C@H](CO)[C@H](O)[C@H](n2cc(-c3c(F)c(F)c(F)c(F)c3F)nn2)[C@H]1O)[C@@]1(c2ccc(Cl)c(Cl)c2)O[C@H](CO)[C@H](O)[C@H](n2cc(-c3c(F)c(F)c(F)c(F)c3F)nn2)[C@H]1O. The summed E-state index contributed by atoms with van der Waals surface area (Å²) in [5.41, 5.74) is -7.43. The van der Waals surface area contributed by atoms with E-state index >= 15 is 26.0 Å². The van der Waals surface area contributed by atoms with Gasteiger partial charge in [-0.3, -0.25) is 0 Å². The van der Waals surface area contributed by atoms with Gasteiger partial charge in [-0.25, -0.2) is 61.7 Å². The summed E-state index contributed by atoms with van der Waals surface area (Å²) in [6.07, 6.45) is -14.7. The molecule has 71 heavy (non-hydrogen) atoms. The van der Waals surface area contributed by atoms with E-state index in [2.05, 4.69) is 20.6 Å². The fourth-order valence-corrected chi connectivity index (χ4v) is 11.8. The van der Waals surface area contributed by atoms with E-state index in [4.69, 9.17) is 55.9 Å². The molecule has 0 radical (unpaired) electrons. The highest BCUT2D eigenvalue weighted by molar-refractivity contribution is 7.93. The third kappa shape index (κ3) is 7.77. The molecular formula is C40H26Cl4F10N6O10S. The second-order valence-electron chi connectivity index (χ2n) is 15.7. The molecule has 0 unspecified atom stereocenters. The molecule has 4 aromatic carbocycles. The molecule has 2 fully saturated rings. The molecule has 0 spiro atoms. The molecule has 4 heterocycles. The monoisotopic (exact) mass is 1110 g/mol. The van der Waals surface area contributed by atoms with Crippen molar-refractivity contribution in [2.75, 3.05) is 13.2 Å². The summed E-state index contributed by atoms with van der Waals surface area (Å²) < 4.78 is 191. The van der Waals surface area contributed by atoms with Crippen LogP contribution in [0.2, 0.25) is 20.1 Å². The normalized spacial score (nSPS) is 27.1. The quantitative estimate of drug-likeness (QED) is 0.0578. The Hall–Kier alpha value is -4.75. The first-order valence-corrected chi connectivity index (χ1v) is 22.7. The first kappa shape index (κ1) is 52.6. The van der Waals surface area contributed by atoms with Gasteiger partial charge in [0.25, 0.3) is 0 Å². The van der Waals surface area contributed by atoms with Crippen LogP contribution in [0, 0.1) is 58.2 Å². The smallest absolute Gasteiger partial charge is 0.226 e. The van der Waals surface area contributed by atoms with Crippen LogP contribution in [0.3, 0.4) is 0 Å². The lowest BCUT2D eigenvalue weighted by Crippen LogP contribution is -2.71. The van der Waals surface area contributed by atoms with Gasteiger partial charge in [0.05, 0.1) is 56.8 Å². The van der Waals surface area contributed by atoms with Crippen molar-refractivity contribution in [1.29, 1.82) is 0 Å². The Morgan fingerprint density at radius 2 is 0.831 bits per heavy atom. The van der Waals surface area contributed by atoms with Crippen molar-refractivity contribution in [3.8, 4) is 22.5 Å². The first-order valence-electron chi connectivity index (χ1n) is 19.7. The number of hydrogen-bond acceptors (Lipinski definition) is 14.